The molecule has 3 heterocycles. The lowest BCUT2D eigenvalue weighted by molar-refractivity contribution is -0.139. The average Bonchev–Trinajstić information content (AvgIpc) is 3.16. The van der Waals surface area contributed by atoms with E-state index in [0.717, 1.165) is 16.2 Å². The SMILES string of the molecule is COC1CC(n2cc(Nc3nc4ccc(Oc5ccnc(CC(C)=O)c5)c(C)c4n3C)cc(C(F)(F)F)c2=O)C1. The summed E-state index contributed by atoms with van der Waals surface area (Å²) in [4.78, 5) is 32.9. The molecule has 3 aromatic heterocycles. The molecule has 0 bridgehead atoms. The highest BCUT2D eigenvalue weighted by Crippen LogP contribution is 2.37. The fraction of sp³-hybridized carbons (Fsp3) is 0.357. The molecule has 1 aliphatic carbocycles. The number of carbonyl (C=O) groups is 1. The number of hydrogen-bond acceptors (Lipinski definition) is 7. The standard InChI is InChI=1S/C28H28F3N5O4/c1-15(37)9-17-10-20(7-8-32-17)40-24-6-5-23-25(16(24)2)35(3)27(34-23)33-18-11-22(28(29,30)31)26(38)36(14-18)19-12-21(13-19)39-4/h5-8,10-11,14,19,21H,9,12-13H2,1-4H3,(H,33,34). The minimum Gasteiger partial charge on any atom is -0.457 e. The molecule has 4 aromatic rings. The molecule has 0 spiro atoms. The number of pyridine rings is 2. The van der Waals surface area contributed by atoms with Gasteiger partial charge in [0.05, 0.1) is 28.5 Å². The number of methoxy groups -OCH3 is 1. The Balaban J connectivity index is 1.47. The third-order valence-corrected chi connectivity index (χ3v) is 7.09. The van der Waals surface area contributed by atoms with Crippen LogP contribution in [0.3, 0.4) is 0 Å². The molecule has 1 aromatic carbocycles. The fourth-order valence-electron chi connectivity index (χ4n) is 4.93. The van der Waals surface area contributed by atoms with Crippen molar-refractivity contribution in [2.75, 3.05) is 12.4 Å². The van der Waals surface area contributed by atoms with Gasteiger partial charge in [0.25, 0.3) is 5.56 Å². The number of benzene rings is 1. The molecule has 0 saturated heterocycles. The number of nitrogens with zero attached hydrogens (tertiary/aromatic N) is 4. The van der Waals surface area contributed by atoms with Gasteiger partial charge in [-0.25, -0.2) is 4.98 Å². The van der Waals surface area contributed by atoms with Crippen molar-refractivity contribution in [3.63, 3.8) is 0 Å². The van der Waals surface area contributed by atoms with Gasteiger partial charge in [0.15, 0.2) is 0 Å². The number of nitrogens with one attached hydrogen (secondary N) is 1. The van der Waals surface area contributed by atoms with Crippen molar-refractivity contribution >= 4 is 28.5 Å². The van der Waals surface area contributed by atoms with E-state index < -0.39 is 17.3 Å². The number of aromatic nitrogens is 4. The van der Waals surface area contributed by atoms with Crippen molar-refractivity contribution in [3.8, 4) is 11.5 Å². The zero-order valence-corrected chi connectivity index (χ0v) is 22.4. The molecule has 210 valence electrons. The van der Waals surface area contributed by atoms with Gasteiger partial charge in [-0.05, 0) is 51.0 Å². The van der Waals surface area contributed by atoms with Crippen molar-refractivity contribution in [2.24, 2.45) is 7.05 Å². The Morgan fingerprint density at radius 2 is 1.95 bits per heavy atom. The highest BCUT2D eigenvalue weighted by molar-refractivity contribution is 5.85. The number of imidazole rings is 1. The molecule has 40 heavy (non-hydrogen) atoms. The summed E-state index contributed by atoms with van der Waals surface area (Å²) in [5.41, 5.74) is 0.433. The van der Waals surface area contributed by atoms with E-state index in [9.17, 15) is 22.8 Å². The first-order valence-corrected chi connectivity index (χ1v) is 12.7. The van der Waals surface area contributed by atoms with Gasteiger partial charge in [0.2, 0.25) is 5.95 Å². The summed E-state index contributed by atoms with van der Waals surface area (Å²) in [5, 5.41) is 2.97. The second kappa shape index (κ2) is 10.4. The number of aryl methyl sites for hydroxylation is 2. The van der Waals surface area contributed by atoms with Crippen LogP contribution in [0, 0.1) is 6.92 Å². The molecule has 0 unspecified atom stereocenters. The van der Waals surface area contributed by atoms with Gasteiger partial charge in [-0.2, -0.15) is 13.2 Å². The van der Waals surface area contributed by atoms with E-state index in [1.165, 1.54) is 20.2 Å². The molecule has 1 N–H and O–H groups in total. The molecular formula is C28H28F3N5O4. The maximum absolute atomic E-state index is 13.8. The van der Waals surface area contributed by atoms with Crippen LogP contribution in [0.2, 0.25) is 0 Å². The second-order valence-corrected chi connectivity index (χ2v) is 9.98. The smallest absolute Gasteiger partial charge is 0.421 e. The monoisotopic (exact) mass is 555 g/mol. The first kappa shape index (κ1) is 27.4. The number of hydrogen-bond donors (Lipinski definition) is 1. The molecule has 0 atom stereocenters. The van der Waals surface area contributed by atoms with E-state index in [2.05, 4.69) is 15.3 Å². The Bertz CT molecular complexity index is 1650. The Hall–Kier alpha value is -4.19. The first-order chi connectivity index (χ1) is 18.9. The number of ether oxygens (including phenoxy) is 2. The third kappa shape index (κ3) is 5.31. The van der Waals surface area contributed by atoms with E-state index in [1.807, 2.05) is 6.92 Å². The summed E-state index contributed by atoms with van der Waals surface area (Å²) in [6.07, 6.45) is -0.817. The highest BCUT2D eigenvalue weighted by Gasteiger charge is 2.38. The number of anilines is 2. The van der Waals surface area contributed by atoms with Crippen LogP contribution in [0.1, 0.15) is 42.6 Å². The van der Waals surface area contributed by atoms with Crippen LogP contribution < -0.4 is 15.6 Å². The predicted octanol–water partition coefficient (Wildman–Crippen LogP) is 5.47. The van der Waals surface area contributed by atoms with Gasteiger partial charge in [0, 0.05) is 50.6 Å². The molecule has 9 nitrogen and oxygen atoms in total. The number of rotatable bonds is 8. The van der Waals surface area contributed by atoms with Crippen LogP contribution in [-0.2, 0) is 29.2 Å². The first-order valence-electron chi connectivity index (χ1n) is 12.7. The Morgan fingerprint density at radius 1 is 1.20 bits per heavy atom. The number of ketones is 1. The average molecular weight is 556 g/mol. The minimum atomic E-state index is -4.81. The van der Waals surface area contributed by atoms with Gasteiger partial charge < -0.3 is 23.9 Å². The molecule has 0 radical (unpaired) electrons. The molecule has 1 saturated carbocycles. The van der Waals surface area contributed by atoms with Crippen molar-refractivity contribution in [3.05, 3.63) is 69.9 Å². The number of fused-ring (bicyclic) bond motifs is 1. The highest BCUT2D eigenvalue weighted by atomic mass is 19.4. The summed E-state index contributed by atoms with van der Waals surface area (Å²) < 4.78 is 55.5. The van der Waals surface area contributed by atoms with Crippen molar-refractivity contribution in [2.45, 2.75) is 51.4 Å². The van der Waals surface area contributed by atoms with Crippen LogP contribution in [-0.4, -0.2) is 38.1 Å². The molecule has 1 fully saturated rings. The molecule has 1 aliphatic rings. The van der Waals surface area contributed by atoms with Crippen LogP contribution in [0.25, 0.3) is 11.0 Å². The molecule has 5 rings (SSSR count). The lowest BCUT2D eigenvalue weighted by Crippen LogP contribution is -2.39. The van der Waals surface area contributed by atoms with Gasteiger partial charge in [0.1, 0.15) is 22.8 Å². The molecular weight excluding hydrogens is 527 g/mol. The topological polar surface area (TPSA) is 100 Å². The van der Waals surface area contributed by atoms with E-state index >= 15 is 0 Å². The lowest BCUT2D eigenvalue weighted by Gasteiger charge is -2.35. The summed E-state index contributed by atoms with van der Waals surface area (Å²) in [6, 6.07) is 7.32. The Morgan fingerprint density at radius 3 is 2.62 bits per heavy atom. The van der Waals surface area contributed by atoms with Crippen molar-refractivity contribution in [1.29, 1.82) is 0 Å². The molecule has 12 heteroatoms. The van der Waals surface area contributed by atoms with E-state index in [0.29, 0.717) is 47.0 Å². The predicted molar refractivity (Wildman–Crippen MR) is 142 cm³/mol. The maximum Gasteiger partial charge on any atom is 0.421 e. The van der Waals surface area contributed by atoms with Crippen LogP contribution in [0.15, 0.2) is 47.5 Å². The van der Waals surface area contributed by atoms with Gasteiger partial charge in [-0.3, -0.25) is 14.6 Å². The van der Waals surface area contributed by atoms with E-state index in [-0.39, 0.29) is 30.0 Å². The van der Waals surface area contributed by atoms with Gasteiger partial charge >= 0.3 is 6.18 Å². The van der Waals surface area contributed by atoms with Crippen molar-refractivity contribution in [1.82, 2.24) is 19.1 Å². The third-order valence-electron chi connectivity index (χ3n) is 7.09. The Kier molecular flexibility index (Phi) is 7.13. The van der Waals surface area contributed by atoms with Crippen LogP contribution in [0.5, 0.6) is 11.5 Å². The van der Waals surface area contributed by atoms with Crippen molar-refractivity contribution < 1.29 is 27.4 Å². The van der Waals surface area contributed by atoms with Gasteiger partial charge in [-0.1, -0.05) is 0 Å². The zero-order chi connectivity index (χ0) is 28.8. The summed E-state index contributed by atoms with van der Waals surface area (Å²) in [7, 11) is 3.28. The van der Waals surface area contributed by atoms with E-state index in [1.54, 1.807) is 42.1 Å². The fourth-order valence-corrected chi connectivity index (χ4v) is 4.93. The molecule has 0 amide bonds. The quantitative estimate of drug-likeness (QED) is 0.308. The number of halogens is 3. The summed E-state index contributed by atoms with van der Waals surface area (Å²) in [6.45, 7) is 3.34. The Labute approximate surface area is 227 Å². The minimum absolute atomic E-state index is 0.0122. The summed E-state index contributed by atoms with van der Waals surface area (Å²) in [5.74, 6) is 1.35. The normalized spacial score (nSPS) is 17.1. The van der Waals surface area contributed by atoms with E-state index in [4.69, 9.17) is 9.47 Å². The zero-order valence-electron chi connectivity index (χ0n) is 22.4. The number of alkyl halides is 3. The largest absolute Gasteiger partial charge is 0.457 e. The lowest BCUT2D eigenvalue weighted by atomic mass is 9.89. The van der Waals surface area contributed by atoms with Crippen LogP contribution >= 0.6 is 0 Å². The van der Waals surface area contributed by atoms with Gasteiger partial charge in [-0.15, -0.1) is 0 Å². The summed E-state index contributed by atoms with van der Waals surface area (Å²) >= 11 is 0. The molecule has 0 aliphatic heterocycles. The van der Waals surface area contributed by atoms with Crippen LogP contribution in [0.4, 0.5) is 24.8 Å². The second-order valence-electron chi connectivity index (χ2n) is 9.98. The number of carbonyl (C=O) groups excluding carboxylic acids is 1. The maximum atomic E-state index is 13.8. The number of Topliss-reactive ketones (excluding diaryl/α,β-unsaturated/α-hetero) is 1.